The van der Waals surface area contributed by atoms with Crippen LogP contribution in [0.3, 0.4) is 0 Å². The minimum absolute atomic E-state index is 0.0243. The third-order valence-electron chi connectivity index (χ3n) is 3.95. The minimum Gasteiger partial charge on any atom is -0.295 e. The second-order valence-corrected chi connectivity index (χ2v) is 7.39. The molecule has 1 heterocycles. The molecule has 5 heteroatoms. The van der Waals surface area contributed by atoms with Gasteiger partial charge in [0.2, 0.25) is 10.0 Å². The summed E-state index contributed by atoms with van der Waals surface area (Å²) in [6.45, 7) is 5.38. The predicted molar refractivity (Wildman–Crippen MR) is 78.2 cm³/mol. The fourth-order valence-electron chi connectivity index (χ4n) is 2.85. The topological polar surface area (TPSA) is 54.5 Å². The highest BCUT2D eigenvalue weighted by Gasteiger charge is 2.35. The molecule has 0 amide bonds. The van der Waals surface area contributed by atoms with Crippen LogP contribution >= 0.6 is 0 Å². The molecular weight excluding hydrogens is 274 g/mol. The summed E-state index contributed by atoms with van der Waals surface area (Å²) in [5.74, 6) is -0.0614. The van der Waals surface area contributed by atoms with Gasteiger partial charge in [0.1, 0.15) is 0 Å². The monoisotopic (exact) mass is 295 g/mol. The number of piperidine rings is 1. The van der Waals surface area contributed by atoms with E-state index in [-0.39, 0.29) is 22.8 Å². The molecule has 4 nitrogen and oxygen atoms in total. The summed E-state index contributed by atoms with van der Waals surface area (Å²) in [6.07, 6.45) is 2.86. The van der Waals surface area contributed by atoms with Crippen molar-refractivity contribution in [2.24, 2.45) is 0 Å². The van der Waals surface area contributed by atoms with Crippen molar-refractivity contribution in [2.75, 3.05) is 0 Å². The van der Waals surface area contributed by atoms with Crippen molar-refractivity contribution in [3.05, 3.63) is 29.8 Å². The number of nitrogens with zero attached hydrogens (tertiary/aromatic N) is 1. The van der Waals surface area contributed by atoms with Crippen LogP contribution in [0.25, 0.3) is 0 Å². The van der Waals surface area contributed by atoms with E-state index in [2.05, 4.69) is 0 Å². The highest BCUT2D eigenvalue weighted by molar-refractivity contribution is 7.89. The summed E-state index contributed by atoms with van der Waals surface area (Å²) in [5, 5.41) is 0. The minimum atomic E-state index is -3.48. The van der Waals surface area contributed by atoms with E-state index in [0.29, 0.717) is 5.56 Å². The molecule has 0 spiro atoms. The first kappa shape index (κ1) is 15.2. The number of carbonyl (C=O) groups is 1. The Kier molecular flexibility index (Phi) is 4.30. The zero-order valence-electron chi connectivity index (χ0n) is 12.2. The average molecular weight is 295 g/mol. The van der Waals surface area contributed by atoms with Crippen LogP contribution in [0.5, 0.6) is 0 Å². The van der Waals surface area contributed by atoms with Gasteiger partial charge >= 0.3 is 0 Å². The van der Waals surface area contributed by atoms with E-state index in [4.69, 9.17) is 0 Å². The third kappa shape index (κ3) is 2.79. The summed E-state index contributed by atoms with van der Waals surface area (Å²) >= 11 is 0. The van der Waals surface area contributed by atoms with Gasteiger partial charge in [-0.2, -0.15) is 4.31 Å². The van der Waals surface area contributed by atoms with Gasteiger partial charge in [-0.05, 0) is 45.7 Å². The summed E-state index contributed by atoms with van der Waals surface area (Å²) in [5.41, 5.74) is 0.531. The van der Waals surface area contributed by atoms with Gasteiger partial charge in [-0.15, -0.1) is 0 Å². The molecule has 0 saturated carbocycles. The van der Waals surface area contributed by atoms with Crippen molar-refractivity contribution in [1.29, 1.82) is 0 Å². The zero-order valence-corrected chi connectivity index (χ0v) is 13.0. The molecule has 0 bridgehead atoms. The van der Waals surface area contributed by atoms with Crippen molar-refractivity contribution in [3.8, 4) is 0 Å². The first-order chi connectivity index (χ1) is 9.34. The van der Waals surface area contributed by atoms with E-state index >= 15 is 0 Å². The van der Waals surface area contributed by atoms with Crippen molar-refractivity contribution in [2.45, 2.75) is 57.0 Å². The Morgan fingerprint density at radius 2 is 1.60 bits per heavy atom. The van der Waals surface area contributed by atoms with E-state index in [0.717, 1.165) is 19.3 Å². The van der Waals surface area contributed by atoms with Crippen molar-refractivity contribution in [1.82, 2.24) is 4.31 Å². The van der Waals surface area contributed by atoms with Gasteiger partial charge in [0.05, 0.1) is 4.90 Å². The summed E-state index contributed by atoms with van der Waals surface area (Å²) in [6, 6.07) is 6.26. The maximum Gasteiger partial charge on any atom is 0.243 e. The van der Waals surface area contributed by atoms with Crippen LogP contribution in [0.15, 0.2) is 29.2 Å². The van der Waals surface area contributed by atoms with Gasteiger partial charge < -0.3 is 0 Å². The molecule has 2 unspecified atom stereocenters. The number of ketones is 1. The average Bonchev–Trinajstić information content (AvgIpc) is 2.38. The Morgan fingerprint density at radius 3 is 2.05 bits per heavy atom. The quantitative estimate of drug-likeness (QED) is 0.806. The molecule has 2 atom stereocenters. The van der Waals surface area contributed by atoms with E-state index in [1.54, 1.807) is 16.4 Å². The largest absolute Gasteiger partial charge is 0.295 e. The molecule has 0 N–H and O–H groups in total. The molecule has 0 aromatic heterocycles. The van der Waals surface area contributed by atoms with Crippen molar-refractivity contribution >= 4 is 15.8 Å². The lowest BCUT2D eigenvalue weighted by molar-refractivity contribution is 0.101. The maximum absolute atomic E-state index is 12.7. The van der Waals surface area contributed by atoms with Gasteiger partial charge in [-0.25, -0.2) is 8.42 Å². The lowest BCUT2D eigenvalue weighted by atomic mass is 10.0. The second kappa shape index (κ2) is 5.66. The van der Waals surface area contributed by atoms with Gasteiger partial charge in [0.25, 0.3) is 0 Å². The van der Waals surface area contributed by atoms with E-state index < -0.39 is 10.0 Å². The number of carbonyl (C=O) groups excluding carboxylic acids is 1. The van der Waals surface area contributed by atoms with Gasteiger partial charge in [0.15, 0.2) is 5.78 Å². The third-order valence-corrected chi connectivity index (χ3v) is 6.09. The molecule has 1 fully saturated rings. The molecule has 1 aliphatic rings. The van der Waals surface area contributed by atoms with Crippen LogP contribution in [-0.4, -0.2) is 30.6 Å². The van der Waals surface area contributed by atoms with Gasteiger partial charge in [0, 0.05) is 17.6 Å². The van der Waals surface area contributed by atoms with E-state index in [1.165, 1.54) is 19.1 Å². The van der Waals surface area contributed by atoms with Crippen LogP contribution in [0, 0.1) is 0 Å². The molecule has 20 heavy (non-hydrogen) atoms. The molecule has 1 aromatic rings. The van der Waals surface area contributed by atoms with Crippen LogP contribution in [0.1, 0.15) is 50.4 Å². The molecule has 1 aromatic carbocycles. The number of rotatable bonds is 3. The Hall–Kier alpha value is -1.20. The van der Waals surface area contributed by atoms with Crippen LogP contribution in [0.4, 0.5) is 0 Å². The Balaban J connectivity index is 2.36. The first-order valence-electron chi connectivity index (χ1n) is 6.98. The lowest BCUT2D eigenvalue weighted by Gasteiger charge is -2.37. The predicted octanol–water partition coefficient (Wildman–Crippen LogP) is 2.84. The van der Waals surface area contributed by atoms with Crippen molar-refractivity contribution < 1.29 is 13.2 Å². The molecule has 0 aliphatic carbocycles. The van der Waals surface area contributed by atoms with Gasteiger partial charge in [-0.1, -0.05) is 18.6 Å². The van der Waals surface area contributed by atoms with E-state index in [9.17, 15) is 13.2 Å². The van der Waals surface area contributed by atoms with Crippen LogP contribution in [-0.2, 0) is 10.0 Å². The summed E-state index contributed by atoms with van der Waals surface area (Å²) < 4.78 is 27.1. The standard InChI is InChI=1S/C15H21NO3S/c1-11-5-4-6-12(2)16(11)20(18,19)15-9-7-14(8-10-15)13(3)17/h7-12H,4-6H2,1-3H3. The summed E-state index contributed by atoms with van der Waals surface area (Å²) in [4.78, 5) is 11.5. The Labute approximate surface area is 120 Å². The lowest BCUT2D eigenvalue weighted by Crippen LogP contribution is -2.47. The molecule has 1 saturated heterocycles. The Bertz CT molecular complexity index is 582. The highest BCUT2D eigenvalue weighted by Crippen LogP contribution is 2.29. The van der Waals surface area contributed by atoms with Gasteiger partial charge in [-0.3, -0.25) is 4.79 Å². The number of Topliss-reactive ketones (excluding diaryl/α,β-unsaturated/α-hetero) is 1. The first-order valence-corrected chi connectivity index (χ1v) is 8.42. The second-order valence-electron chi connectivity index (χ2n) is 5.54. The molecular formula is C15H21NO3S. The fraction of sp³-hybridized carbons (Fsp3) is 0.533. The van der Waals surface area contributed by atoms with Crippen LogP contribution < -0.4 is 0 Å². The Morgan fingerprint density at radius 1 is 1.10 bits per heavy atom. The molecule has 110 valence electrons. The summed E-state index contributed by atoms with van der Waals surface area (Å²) in [7, 11) is -3.48. The molecule has 2 rings (SSSR count). The fourth-order valence-corrected chi connectivity index (χ4v) is 4.74. The molecule has 0 radical (unpaired) electrons. The normalized spacial score (nSPS) is 24.6. The number of hydrogen-bond donors (Lipinski definition) is 0. The zero-order chi connectivity index (χ0) is 14.9. The molecule has 1 aliphatic heterocycles. The smallest absolute Gasteiger partial charge is 0.243 e. The van der Waals surface area contributed by atoms with E-state index in [1.807, 2.05) is 13.8 Å². The van der Waals surface area contributed by atoms with Crippen molar-refractivity contribution in [3.63, 3.8) is 0 Å². The number of benzene rings is 1. The number of hydrogen-bond acceptors (Lipinski definition) is 3. The number of sulfonamides is 1. The highest BCUT2D eigenvalue weighted by atomic mass is 32.2. The van der Waals surface area contributed by atoms with Crippen LogP contribution in [0.2, 0.25) is 0 Å². The SMILES string of the molecule is CC(=O)c1ccc(S(=O)(=O)N2C(C)CCCC2C)cc1. The maximum atomic E-state index is 12.7.